The number of anilines is 1. The number of ether oxygens (including phenoxy) is 1. The van der Waals surface area contributed by atoms with Crippen molar-refractivity contribution in [3.8, 4) is 5.75 Å². The molecule has 0 saturated heterocycles. The van der Waals surface area contributed by atoms with Crippen LogP contribution in [0.3, 0.4) is 0 Å². The van der Waals surface area contributed by atoms with Crippen LogP contribution in [0.5, 0.6) is 5.75 Å². The Hall–Kier alpha value is -3.91. The maximum atomic E-state index is 13.0. The zero-order chi connectivity index (χ0) is 24.6. The van der Waals surface area contributed by atoms with E-state index in [9.17, 15) is 23.1 Å². The second-order valence-corrected chi connectivity index (χ2v) is 7.13. The van der Waals surface area contributed by atoms with E-state index in [0.29, 0.717) is 29.1 Å². The topological polar surface area (TPSA) is 71.5 Å². The van der Waals surface area contributed by atoms with Gasteiger partial charge in [0.15, 0.2) is 0 Å². The van der Waals surface area contributed by atoms with Crippen LogP contribution in [0.1, 0.15) is 29.2 Å². The van der Waals surface area contributed by atoms with Gasteiger partial charge in [0.05, 0.1) is 18.8 Å². The van der Waals surface area contributed by atoms with Gasteiger partial charge in [-0.25, -0.2) is 4.98 Å². The second kappa shape index (κ2) is 11.3. The number of hydrogen-bond donors (Lipinski definition) is 2. The largest absolute Gasteiger partial charge is 0.494 e. The summed E-state index contributed by atoms with van der Waals surface area (Å²) >= 11 is 0. The molecule has 0 radical (unpaired) electrons. The SMILES string of the molecule is CCOc1ccc(/C(=C/C=C/C(=O)Nc2ncccc2CO)c2ccc(C(F)(F)F)cc2)cc1. The average molecular weight is 468 g/mol. The van der Waals surface area contributed by atoms with Gasteiger partial charge in [0.2, 0.25) is 5.91 Å². The van der Waals surface area contributed by atoms with Crippen molar-refractivity contribution in [2.24, 2.45) is 0 Å². The fraction of sp³-hybridized carbons (Fsp3) is 0.154. The van der Waals surface area contributed by atoms with Crippen LogP contribution in [0.25, 0.3) is 5.57 Å². The summed E-state index contributed by atoms with van der Waals surface area (Å²) in [7, 11) is 0. The van der Waals surface area contributed by atoms with Crippen molar-refractivity contribution < 1.29 is 27.8 Å². The summed E-state index contributed by atoms with van der Waals surface area (Å²) in [6, 6.07) is 15.2. The molecule has 5 nitrogen and oxygen atoms in total. The number of hydrogen-bond acceptors (Lipinski definition) is 4. The fourth-order valence-corrected chi connectivity index (χ4v) is 3.16. The van der Waals surface area contributed by atoms with Gasteiger partial charge in [-0.15, -0.1) is 0 Å². The Balaban J connectivity index is 1.88. The van der Waals surface area contributed by atoms with E-state index in [-0.39, 0.29) is 12.4 Å². The number of carbonyl (C=O) groups is 1. The van der Waals surface area contributed by atoms with Crippen molar-refractivity contribution in [3.05, 3.63) is 107 Å². The van der Waals surface area contributed by atoms with Crippen molar-refractivity contribution in [2.75, 3.05) is 11.9 Å². The third-order valence-corrected chi connectivity index (χ3v) is 4.81. The van der Waals surface area contributed by atoms with Crippen molar-refractivity contribution in [3.63, 3.8) is 0 Å². The van der Waals surface area contributed by atoms with Gasteiger partial charge in [-0.2, -0.15) is 13.2 Å². The third kappa shape index (κ3) is 6.55. The molecule has 0 aliphatic rings. The highest BCUT2D eigenvalue weighted by Crippen LogP contribution is 2.32. The molecule has 0 fully saturated rings. The van der Waals surface area contributed by atoms with Gasteiger partial charge >= 0.3 is 6.18 Å². The van der Waals surface area contributed by atoms with E-state index in [1.807, 2.05) is 6.92 Å². The highest BCUT2D eigenvalue weighted by atomic mass is 19.4. The standard InChI is InChI=1S/C26H23F3N2O3/c1-2-34-22-14-10-19(11-15-22)23(18-8-12-21(13-9-18)26(27,28)29)6-3-7-24(33)31-25-20(17-32)5-4-16-30-25/h3-16,32H,2,17H2,1H3,(H,30,31,33)/b7-3+,23-6+. The number of amides is 1. The lowest BCUT2D eigenvalue weighted by Crippen LogP contribution is -2.11. The Kier molecular flexibility index (Phi) is 8.21. The molecule has 0 bridgehead atoms. The molecule has 3 aromatic rings. The van der Waals surface area contributed by atoms with Crippen molar-refractivity contribution >= 4 is 17.3 Å². The van der Waals surface area contributed by atoms with Gasteiger partial charge in [0.25, 0.3) is 0 Å². The Labute approximate surface area is 195 Å². The van der Waals surface area contributed by atoms with E-state index in [1.54, 1.807) is 42.5 Å². The Bertz CT molecular complexity index is 1170. The van der Waals surface area contributed by atoms with Gasteiger partial charge in [0, 0.05) is 17.8 Å². The molecule has 34 heavy (non-hydrogen) atoms. The molecule has 0 saturated carbocycles. The first-order chi connectivity index (χ1) is 16.3. The van der Waals surface area contributed by atoms with Crippen LogP contribution in [0.4, 0.5) is 19.0 Å². The number of nitrogens with zero attached hydrogens (tertiary/aromatic N) is 1. The Morgan fingerprint density at radius 1 is 1.06 bits per heavy atom. The molecule has 2 aromatic carbocycles. The summed E-state index contributed by atoms with van der Waals surface area (Å²) in [5, 5.41) is 11.9. The van der Waals surface area contributed by atoms with Crippen LogP contribution < -0.4 is 10.1 Å². The lowest BCUT2D eigenvalue weighted by atomic mass is 9.96. The number of aliphatic hydroxyl groups is 1. The first kappa shape index (κ1) is 24.7. The molecule has 2 N–H and O–H groups in total. The Morgan fingerprint density at radius 2 is 1.71 bits per heavy atom. The number of benzene rings is 2. The minimum atomic E-state index is -4.43. The summed E-state index contributed by atoms with van der Waals surface area (Å²) in [5.74, 6) is 0.448. The summed E-state index contributed by atoms with van der Waals surface area (Å²) in [6.45, 7) is 2.10. The maximum Gasteiger partial charge on any atom is 0.416 e. The van der Waals surface area contributed by atoms with E-state index in [1.165, 1.54) is 30.5 Å². The van der Waals surface area contributed by atoms with Crippen LogP contribution >= 0.6 is 0 Å². The molecule has 176 valence electrons. The molecular formula is C26H23F3N2O3. The summed E-state index contributed by atoms with van der Waals surface area (Å²) in [6.07, 6.45) is 1.48. The lowest BCUT2D eigenvalue weighted by molar-refractivity contribution is -0.137. The van der Waals surface area contributed by atoms with Gasteiger partial charge in [-0.05, 0) is 54.0 Å². The molecule has 1 heterocycles. The van der Waals surface area contributed by atoms with E-state index in [2.05, 4.69) is 10.3 Å². The van der Waals surface area contributed by atoms with Crippen molar-refractivity contribution in [1.29, 1.82) is 0 Å². The normalized spacial score (nSPS) is 12.1. The average Bonchev–Trinajstić information content (AvgIpc) is 2.83. The predicted molar refractivity (Wildman–Crippen MR) is 124 cm³/mol. The van der Waals surface area contributed by atoms with E-state index in [4.69, 9.17) is 4.74 Å². The molecule has 1 aromatic heterocycles. The number of carbonyl (C=O) groups excluding carboxylic acids is 1. The zero-order valence-corrected chi connectivity index (χ0v) is 18.3. The van der Waals surface area contributed by atoms with Gasteiger partial charge < -0.3 is 15.2 Å². The molecule has 8 heteroatoms. The number of halogens is 3. The number of aliphatic hydroxyl groups excluding tert-OH is 1. The van der Waals surface area contributed by atoms with Gasteiger partial charge in [0.1, 0.15) is 11.6 Å². The summed E-state index contributed by atoms with van der Waals surface area (Å²) in [5.41, 5.74) is 1.64. The van der Waals surface area contributed by atoms with Crippen LogP contribution in [-0.4, -0.2) is 22.6 Å². The number of rotatable bonds is 8. The summed E-state index contributed by atoms with van der Waals surface area (Å²) < 4.78 is 44.4. The van der Waals surface area contributed by atoms with E-state index in [0.717, 1.165) is 17.7 Å². The smallest absolute Gasteiger partial charge is 0.416 e. The molecule has 1 amide bonds. The summed E-state index contributed by atoms with van der Waals surface area (Å²) in [4.78, 5) is 16.4. The van der Waals surface area contributed by atoms with Gasteiger partial charge in [-0.1, -0.05) is 42.5 Å². The van der Waals surface area contributed by atoms with E-state index >= 15 is 0 Å². The minimum absolute atomic E-state index is 0.248. The number of allylic oxidation sites excluding steroid dienone is 2. The first-order valence-electron chi connectivity index (χ1n) is 10.5. The number of alkyl halides is 3. The van der Waals surface area contributed by atoms with Crippen LogP contribution in [-0.2, 0) is 17.6 Å². The number of pyridine rings is 1. The highest BCUT2D eigenvalue weighted by molar-refractivity contribution is 5.99. The van der Waals surface area contributed by atoms with Crippen molar-refractivity contribution in [1.82, 2.24) is 4.98 Å². The van der Waals surface area contributed by atoms with Crippen molar-refractivity contribution in [2.45, 2.75) is 19.7 Å². The maximum absolute atomic E-state index is 13.0. The Morgan fingerprint density at radius 3 is 2.29 bits per heavy atom. The molecule has 0 aliphatic heterocycles. The highest BCUT2D eigenvalue weighted by Gasteiger charge is 2.30. The molecule has 0 unspecified atom stereocenters. The van der Waals surface area contributed by atoms with E-state index < -0.39 is 17.6 Å². The molecule has 3 rings (SSSR count). The molecule has 0 atom stereocenters. The minimum Gasteiger partial charge on any atom is -0.494 e. The molecular weight excluding hydrogens is 445 g/mol. The molecule has 0 aliphatic carbocycles. The zero-order valence-electron chi connectivity index (χ0n) is 18.3. The quantitative estimate of drug-likeness (QED) is 0.333. The predicted octanol–water partition coefficient (Wildman–Crippen LogP) is 5.62. The fourth-order valence-electron chi connectivity index (χ4n) is 3.16. The monoisotopic (exact) mass is 468 g/mol. The number of aromatic nitrogens is 1. The van der Waals surface area contributed by atoms with Gasteiger partial charge in [-0.3, -0.25) is 4.79 Å². The molecule has 0 spiro atoms. The first-order valence-corrected chi connectivity index (χ1v) is 10.5. The van der Waals surface area contributed by atoms with Crippen LogP contribution in [0.15, 0.2) is 85.1 Å². The third-order valence-electron chi connectivity index (χ3n) is 4.81. The lowest BCUT2D eigenvalue weighted by Gasteiger charge is -2.12. The number of nitrogens with one attached hydrogen (secondary N) is 1. The second-order valence-electron chi connectivity index (χ2n) is 7.13. The van der Waals surface area contributed by atoms with Crippen LogP contribution in [0, 0.1) is 0 Å². The van der Waals surface area contributed by atoms with Crippen LogP contribution in [0.2, 0.25) is 0 Å².